The lowest BCUT2D eigenvalue weighted by atomic mass is 10.1. The second kappa shape index (κ2) is 9.32. The van der Waals surface area contributed by atoms with Gasteiger partial charge < -0.3 is 5.32 Å². The predicted octanol–water partition coefficient (Wildman–Crippen LogP) is 4.54. The van der Waals surface area contributed by atoms with E-state index >= 15 is 0 Å². The number of benzene rings is 3. The van der Waals surface area contributed by atoms with Crippen LogP contribution in [0.2, 0.25) is 5.02 Å². The number of sulfonamides is 1. The third-order valence-electron chi connectivity index (χ3n) is 4.76. The Bertz CT molecular complexity index is 1130. The molecular weight excluding hydrogens is 420 g/mol. The first-order valence-electron chi connectivity index (χ1n) is 9.39. The number of amides is 1. The van der Waals surface area contributed by atoms with Crippen LogP contribution < -0.4 is 9.62 Å². The van der Waals surface area contributed by atoms with E-state index in [1.165, 1.54) is 4.31 Å². The van der Waals surface area contributed by atoms with Crippen LogP contribution in [-0.2, 0) is 23.1 Å². The van der Waals surface area contributed by atoms with Gasteiger partial charge in [-0.15, -0.1) is 0 Å². The average molecular weight is 443 g/mol. The topological polar surface area (TPSA) is 66.5 Å². The highest BCUT2D eigenvalue weighted by molar-refractivity contribution is 7.92. The largest absolute Gasteiger partial charge is 0.348 e. The first-order chi connectivity index (χ1) is 14.2. The van der Waals surface area contributed by atoms with Crippen LogP contribution in [0.4, 0.5) is 5.69 Å². The van der Waals surface area contributed by atoms with Crippen LogP contribution in [0.1, 0.15) is 27.0 Å². The van der Waals surface area contributed by atoms with E-state index in [1.807, 2.05) is 31.2 Å². The molecule has 0 aliphatic carbocycles. The molecule has 0 saturated carbocycles. The van der Waals surface area contributed by atoms with E-state index < -0.39 is 10.0 Å². The number of nitrogens with one attached hydrogen (secondary N) is 1. The number of rotatable bonds is 7. The fourth-order valence-electron chi connectivity index (χ4n) is 3.02. The van der Waals surface area contributed by atoms with E-state index in [2.05, 4.69) is 5.32 Å². The Morgan fingerprint density at radius 3 is 2.20 bits per heavy atom. The zero-order valence-corrected chi connectivity index (χ0v) is 18.4. The number of carbonyl (C=O) groups excluding carboxylic acids is 1. The molecule has 1 amide bonds. The van der Waals surface area contributed by atoms with E-state index in [0.717, 1.165) is 22.9 Å². The molecule has 5 nitrogen and oxygen atoms in total. The van der Waals surface area contributed by atoms with Crippen LogP contribution in [0.3, 0.4) is 0 Å². The number of anilines is 1. The molecule has 0 aliphatic rings. The molecule has 0 saturated heterocycles. The SMILES string of the molecule is Cc1ccccc1CNC(=O)c1ccc(N(Cc2ccc(Cl)cc2)S(C)(=O)=O)cc1. The molecule has 156 valence electrons. The summed E-state index contributed by atoms with van der Waals surface area (Å²) in [7, 11) is -3.51. The molecular formula is C23H23ClN2O3S. The zero-order chi connectivity index (χ0) is 21.7. The molecule has 3 aromatic carbocycles. The summed E-state index contributed by atoms with van der Waals surface area (Å²) in [5.74, 6) is -0.214. The van der Waals surface area contributed by atoms with Crippen molar-refractivity contribution in [2.75, 3.05) is 10.6 Å². The molecule has 7 heteroatoms. The number of carbonyl (C=O) groups is 1. The number of aryl methyl sites for hydroxylation is 1. The summed E-state index contributed by atoms with van der Waals surface area (Å²) in [6.07, 6.45) is 1.16. The molecule has 0 radical (unpaired) electrons. The maximum Gasteiger partial charge on any atom is 0.251 e. The van der Waals surface area contributed by atoms with Gasteiger partial charge in [0.15, 0.2) is 0 Å². The summed E-state index contributed by atoms with van der Waals surface area (Å²) >= 11 is 5.91. The smallest absolute Gasteiger partial charge is 0.251 e. The third kappa shape index (κ3) is 5.62. The molecule has 0 unspecified atom stereocenters. The molecule has 0 aromatic heterocycles. The zero-order valence-electron chi connectivity index (χ0n) is 16.8. The summed E-state index contributed by atoms with van der Waals surface area (Å²) < 4.78 is 26.0. The Labute approximate surface area is 182 Å². The molecule has 30 heavy (non-hydrogen) atoms. The van der Waals surface area contributed by atoms with Gasteiger partial charge >= 0.3 is 0 Å². The summed E-state index contributed by atoms with van der Waals surface area (Å²) in [5.41, 5.74) is 3.92. The number of nitrogens with zero attached hydrogens (tertiary/aromatic N) is 1. The number of halogens is 1. The quantitative estimate of drug-likeness (QED) is 0.584. The lowest BCUT2D eigenvalue weighted by Gasteiger charge is -2.23. The van der Waals surface area contributed by atoms with Crippen LogP contribution in [0.25, 0.3) is 0 Å². The summed E-state index contributed by atoms with van der Waals surface area (Å²) in [6.45, 7) is 2.60. The van der Waals surface area contributed by atoms with Crippen molar-refractivity contribution in [3.8, 4) is 0 Å². The van der Waals surface area contributed by atoms with Gasteiger partial charge in [-0.05, 0) is 60.0 Å². The van der Waals surface area contributed by atoms with E-state index in [0.29, 0.717) is 22.8 Å². The molecule has 0 aliphatic heterocycles. The molecule has 3 aromatic rings. The minimum Gasteiger partial charge on any atom is -0.348 e. The van der Waals surface area contributed by atoms with Crippen LogP contribution in [-0.4, -0.2) is 20.6 Å². The Hall–Kier alpha value is -2.83. The minimum atomic E-state index is -3.51. The van der Waals surface area contributed by atoms with Crippen molar-refractivity contribution < 1.29 is 13.2 Å². The molecule has 0 atom stereocenters. The highest BCUT2D eigenvalue weighted by Crippen LogP contribution is 2.22. The van der Waals surface area contributed by atoms with Crippen molar-refractivity contribution in [1.29, 1.82) is 0 Å². The van der Waals surface area contributed by atoms with Gasteiger partial charge in [-0.3, -0.25) is 9.10 Å². The minimum absolute atomic E-state index is 0.175. The Morgan fingerprint density at radius 2 is 1.60 bits per heavy atom. The van der Waals surface area contributed by atoms with E-state index in [1.54, 1.807) is 48.5 Å². The predicted molar refractivity (Wildman–Crippen MR) is 121 cm³/mol. The monoisotopic (exact) mass is 442 g/mol. The van der Waals surface area contributed by atoms with Gasteiger partial charge in [-0.2, -0.15) is 0 Å². The van der Waals surface area contributed by atoms with Crippen LogP contribution in [0.15, 0.2) is 72.8 Å². The van der Waals surface area contributed by atoms with Gasteiger partial charge in [0.25, 0.3) is 5.91 Å². The second-order valence-corrected chi connectivity index (χ2v) is 9.40. The van der Waals surface area contributed by atoms with E-state index in [4.69, 9.17) is 11.6 Å². The molecule has 0 spiro atoms. The van der Waals surface area contributed by atoms with E-state index in [9.17, 15) is 13.2 Å². The lowest BCUT2D eigenvalue weighted by molar-refractivity contribution is 0.0951. The molecule has 0 heterocycles. The molecule has 1 N–H and O–H groups in total. The van der Waals surface area contributed by atoms with Gasteiger partial charge in [0, 0.05) is 17.1 Å². The fraction of sp³-hybridized carbons (Fsp3) is 0.174. The Balaban J connectivity index is 1.73. The molecule has 3 rings (SSSR count). The van der Waals surface area contributed by atoms with Crippen molar-refractivity contribution in [2.45, 2.75) is 20.0 Å². The van der Waals surface area contributed by atoms with Crippen molar-refractivity contribution in [1.82, 2.24) is 5.32 Å². The van der Waals surface area contributed by atoms with Gasteiger partial charge in [-0.25, -0.2) is 8.42 Å². The maximum atomic E-state index is 12.5. The van der Waals surface area contributed by atoms with E-state index in [-0.39, 0.29) is 12.5 Å². The molecule has 0 fully saturated rings. The van der Waals surface area contributed by atoms with Crippen LogP contribution in [0.5, 0.6) is 0 Å². The Morgan fingerprint density at radius 1 is 0.967 bits per heavy atom. The number of hydrogen-bond acceptors (Lipinski definition) is 3. The summed E-state index contributed by atoms with van der Waals surface area (Å²) in [4.78, 5) is 12.5. The lowest BCUT2D eigenvalue weighted by Crippen LogP contribution is -2.29. The highest BCUT2D eigenvalue weighted by Gasteiger charge is 2.18. The van der Waals surface area contributed by atoms with Crippen LogP contribution >= 0.6 is 11.6 Å². The number of hydrogen-bond donors (Lipinski definition) is 1. The van der Waals surface area contributed by atoms with Gasteiger partial charge in [-0.1, -0.05) is 48.0 Å². The highest BCUT2D eigenvalue weighted by atomic mass is 35.5. The first-order valence-corrected chi connectivity index (χ1v) is 11.6. The first kappa shape index (κ1) is 21.9. The van der Waals surface area contributed by atoms with Gasteiger partial charge in [0.2, 0.25) is 10.0 Å². The third-order valence-corrected chi connectivity index (χ3v) is 6.15. The molecule has 0 bridgehead atoms. The normalized spacial score (nSPS) is 11.2. The Kier molecular flexibility index (Phi) is 6.80. The summed E-state index contributed by atoms with van der Waals surface area (Å²) in [6, 6.07) is 21.4. The van der Waals surface area contributed by atoms with Crippen molar-refractivity contribution >= 4 is 33.2 Å². The summed E-state index contributed by atoms with van der Waals surface area (Å²) in [5, 5.41) is 3.49. The average Bonchev–Trinajstić information content (AvgIpc) is 2.72. The second-order valence-electron chi connectivity index (χ2n) is 7.05. The fourth-order valence-corrected chi connectivity index (χ4v) is 4.03. The van der Waals surface area contributed by atoms with Crippen molar-refractivity contribution in [3.63, 3.8) is 0 Å². The van der Waals surface area contributed by atoms with Gasteiger partial charge in [0.1, 0.15) is 0 Å². The van der Waals surface area contributed by atoms with Crippen molar-refractivity contribution in [2.24, 2.45) is 0 Å². The van der Waals surface area contributed by atoms with Gasteiger partial charge in [0.05, 0.1) is 18.5 Å². The van der Waals surface area contributed by atoms with Crippen LogP contribution in [0, 0.1) is 6.92 Å². The van der Waals surface area contributed by atoms with Crippen molar-refractivity contribution in [3.05, 3.63) is 100 Å². The maximum absolute atomic E-state index is 12.5. The standard InChI is InChI=1S/C23H23ClN2O3S/c1-17-5-3-4-6-20(17)15-25-23(27)19-9-13-22(14-10-19)26(30(2,28)29)16-18-7-11-21(24)12-8-18/h3-14H,15-16H2,1-2H3,(H,25,27).